The van der Waals surface area contributed by atoms with E-state index in [1.165, 1.54) is 6.92 Å². The lowest BCUT2D eigenvalue weighted by Crippen LogP contribution is -2.15. The number of sulfonamides is 1. The molecule has 0 saturated heterocycles. The molecule has 0 heterocycles. The Balaban J connectivity index is 1.58. The molecular weight excluding hydrogens is 414 g/mol. The lowest BCUT2D eigenvalue weighted by atomic mass is 10.1. The van der Waals surface area contributed by atoms with E-state index < -0.39 is 10.0 Å². The summed E-state index contributed by atoms with van der Waals surface area (Å²) < 4.78 is 27.4. The molecule has 0 radical (unpaired) electrons. The number of rotatable bonds is 7. The summed E-state index contributed by atoms with van der Waals surface area (Å²) in [6.45, 7) is 3.32. The maximum atomic E-state index is 12.5. The van der Waals surface area contributed by atoms with Crippen molar-refractivity contribution in [3.05, 3.63) is 83.9 Å². The smallest absolute Gasteiger partial charge is 0.261 e. The number of hydrogen-bond donors (Lipinski definition) is 3. The van der Waals surface area contributed by atoms with Crippen LogP contribution in [-0.4, -0.2) is 20.2 Å². The van der Waals surface area contributed by atoms with E-state index >= 15 is 0 Å². The van der Waals surface area contributed by atoms with Gasteiger partial charge in [0.15, 0.2) is 0 Å². The maximum Gasteiger partial charge on any atom is 0.261 e. The highest BCUT2D eigenvalue weighted by Crippen LogP contribution is 2.19. The van der Waals surface area contributed by atoms with E-state index in [0.717, 1.165) is 11.1 Å². The summed E-state index contributed by atoms with van der Waals surface area (Å²) >= 11 is 0. The van der Waals surface area contributed by atoms with Crippen molar-refractivity contribution < 1.29 is 18.0 Å². The van der Waals surface area contributed by atoms with Gasteiger partial charge in [0.1, 0.15) is 0 Å². The van der Waals surface area contributed by atoms with Crippen molar-refractivity contribution in [2.24, 2.45) is 0 Å². The molecule has 0 aliphatic rings. The Kier molecular flexibility index (Phi) is 6.71. The Hall–Kier alpha value is -3.65. The number of carbonyl (C=O) groups is 2. The van der Waals surface area contributed by atoms with E-state index in [1.54, 1.807) is 72.8 Å². The van der Waals surface area contributed by atoms with Crippen LogP contribution in [0.4, 0.5) is 17.1 Å². The number of amides is 2. The third-order valence-electron chi connectivity index (χ3n) is 4.39. The third-order valence-corrected chi connectivity index (χ3v) is 5.79. The van der Waals surface area contributed by atoms with Gasteiger partial charge < -0.3 is 10.6 Å². The Morgan fingerprint density at radius 1 is 0.742 bits per heavy atom. The van der Waals surface area contributed by atoms with Gasteiger partial charge in [-0.2, -0.15) is 0 Å². The van der Waals surface area contributed by atoms with Crippen molar-refractivity contribution in [3.63, 3.8) is 0 Å². The minimum Gasteiger partial charge on any atom is -0.326 e. The molecule has 0 fully saturated rings. The van der Waals surface area contributed by atoms with Gasteiger partial charge >= 0.3 is 0 Å². The summed E-state index contributed by atoms with van der Waals surface area (Å²) in [6, 6.07) is 20.0. The second-order valence-electron chi connectivity index (χ2n) is 7.10. The molecular formula is C23H23N3O4S. The number of anilines is 3. The fourth-order valence-electron chi connectivity index (χ4n) is 2.85. The Labute approximate surface area is 181 Å². The van der Waals surface area contributed by atoms with E-state index in [0.29, 0.717) is 17.1 Å². The quantitative estimate of drug-likeness (QED) is 0.521. The van der Waals surface area contributed by atoms with Crippen molar-refractivity contribution in [2.75, 3.05) is 15.4 Å². The topological polar surface area (TPSA) is 104 Å². The molecule has 3 rings (SSSR count). The summed E-state index contributed by atoms with van der Waals surface area (Å²) in [5.74, 6) is -0.365. The van der Waals surface area contributed by atoms with Gasteiger partial charge in [0.05, 0.1) is 11.3 Å². The second kappa shape index (κ2) is 9.44. The first-order valence-corrected chi connectivity index (χ1v) is 11.1. The average molecular weight is 438 g/mol. The molecule has 0 aliphatic carbocycles. The van der Waals surface area contributed by atoms with Crippen LogP contribution in [-0.2, 0) is 26.0 Å². The van der Waals surface area contributed by atoms with Gasteiger partial charge in [-0.25, -0.2) is 8.42 Å². The zero-order chi connectivity index (χ0) is 22.4. The Bertz CT molecular complexity index is 1170. The summed E-state index contributed by atoms with van der Waals surface area (Å²) in [7, 11) is -3.68. The number of aryl methyl sites for hydroxylation is 1. The fraction of sp³-hybridized carbons (Fsp3) is 0.130. The predicted molar refractivity (Wildman–Crippen MR) is 122 cm³/mol. The number of benzene rings is 3. The SMILES string of the molecule is CC(=O)Nc1ccc(CC(=O)Nc2ccc(NS(=O)(=O)c3ccc(C)cc3)cc2)cc1. The molecule has 0 aliphatic heterocycles. The zero-order valence-corrected chi connectivity index (χ0v) is 18.0. The molecule has 0 aromatic heterocycles. The van der Waals surface area contributed by atoms with E-state index in [4.69, 9.17) is 0 Å². The summed E-state index contributed by atoms with van der Waals surface area (Å²) in [4.78, 5) is 23.5. The van der Waals surface area contributed by atoms with Crippen LogP contribution in [0.25, 0.3) is 0 Å². The van der Waals surface area contributed by atoms with Gasteiger partial charge in [-0.3, -0.25) is 14.3 Å². The van der Waals surface area contributed by atoms with Gasteiger partial charge in [-0.05, 0) is 61.0 Å². The molecule has 3 N–H and O–H groups in total. The Morgan fingerprint density at radius 3 is 1.84 bits per heavy atom. The van der Waals surface area contributed by atoms with Crippen LogP contribution in [0.2, 0.25) is 0 Å². The van der Waals surface area contributed by atoms with Crippen LogP contribution < -0.4 is 15.4 Å². The van der Waals surface area contributed by atoms with Crippen molar-refractivity contribution in [1.82, 2.24) is 0 Å². The summed E-state index contributed by atoms with van der Waals surface area (Å²) in [5.41, 5.74) is 3.39. The van der Waals surface area contributed by atoms with Crippen LogP contribution >= 0.6 is 0 Å². The number of carbonyl (C=O) groups excluding carboxylic acids is 2. The van der Waals surface area contributed by atoms with E-state index in [2.05, 4.69) is 15.4 Å². The molecule has 160 valence electrons. The fourth-order valence-corrected chi connectivity index (χ4v) is 3.91. The molecule has 3 aromatic rings. The van der Waals surface area contributed by atoms with E-state index in [1.807, 2.05) is 6.92 Å². The Morgan fingerprint density at radius 2 is 1.26 bits per heavy atom. The highest BCUT2D eigenvalue weighted by Gasteiger charge is 2.14. The third kappa shape index (κ3) is 6.42. The van der Waals surface area contributed by atoms with Crippen LogP contribution in [0.15, 0.2) is 77.7 Å². The highest BCUT2D eigenvalue weighted by molar-refractivity contribution is 7.92. The molecule has 0 spiro atoms. The van der Waals surface area contributed by atoms with Gasteiger partial charge in [-0.1, -0.05) is 29.8 Å². The molecule has 0 unspecified atom stereocenters. The van der Waals surface area contributed by atoms with Crippen molar-refractivity contribution in [2.45, 2.75) is 25.2 Å². The molecule has 0 atom stereocenters. The van der Waals surface area contributed by atoms with Crippen LogP contribution in [0.5, 0.6) is 0 Å². The van der Waals surface area contributed by atoms with Gasteiger partial charge in [0, 0.05) is 24.0 Å². The van der Waals surface area contributed by atoms with Gasteiger partial charge in [0.25, 0.3) is 10.0 Å². The first-order chi connectivity index (χ1) is 14.7. The molecule has 0 bridgehead atoms. The number of hydrogen-bond acceptors (Lipinski definition) is 4. The summed E-state index contributed by atoms with van der Waals surface area (Å²) in [5, 5.41) is 5.45. The van der Waals surface area contributed by atoms with Crippen molar-refractivity contribution >= 4 is 38.9 Å². The first-order valence-electron chi connectivity index (χ1n) is 9.57. The zero-order valence-electron chi connectivity index (χ0n) is 17.2. The summed E-state index contributed by atoms with van der Waals surface area (Å²) in [6.07, 6.45) is 0.169. The number of nitrogens with one attached hydrogen (secondary N) is 3. The van der Waals surface area contributed by atoms with Crippen LogP contribution in [0.3, 0.4) is 0 Å². The van der Waals surface area contributed by atoms with Crippen molar-refractivity contribution in [3.8, 4) is 0 Å². The maximum absolute atomic E-state index is 12.5. The van der Waals surface area contributed by atoms with Gasteiger partial charge in [-0.15, -0.1) is 0 Å². The molecule has 8 heteroatoms. The lowest BCUT2D eigenvalue weighted by molar-refractivity contribution is -0.116. The first kappa shape index (κ1) is 22.0. The molecule has 0 saturated carbocycles. The highest BCUT2D eigenvalue weighted by atomic mass is 32.2. The standard InChI is InChI=1S/C23H23N3O4S/c1-16-3-13-22(14-4-16)31(29,30)26-21-11-9-20(10-12-21)25-23(28)15-18-5-7-19(8-6-18)24-17(2)27/h3-14,26H,15H2,1-2H3,(H,24,27)(H,25,28). The van der Waals surface area contributed by atoms with E-state index in [-0.39, 0.29) is 23.1 Å². The minimum absolute atomic E-state index is 0.157. The van der Waals surface area contributed by atoms with Crippen molar-refractivity contribution in [1.29, 1.82) is 0 Å². The second-order valence-corrected chi connectivity index (χ2v) is 8.78. The van der Waals surface area contributed by atoms with Crippen LogP contribution in [0.1, 0.15) is 18.1 Å². The molecule has 31 heavy (non-hydrogen) atoms. The lowest BCUT2D eigenvalue weighted by Gasteiger charge is -2.10. The normalized spacial score (nSPS) is 10.9. The van der Waals surface area contributed by atoms with E-state index in [9.17, 15) is 18.0 Å². The average Bonchev–Trinajstić information content (AvgIpc) is 2.71. The van der Waals surface area contributed by atoms with Gasteiger partial charge in [0.2, 0.25) is 11.8 Å². The minimum atomic E-state index is -3.68. The predicted octanol–water partition coefficient (Wildman–Crippen LogP) is 3.94. The monoisotopic (exact) mass is 437 g/mol. The van der Waals surface area contributed by atoms with Crippen LogP contribution in [0, 0.1) is 6.92 Å². The largest absolute Gasteiger partial charge is 0.326 e. The molecule has 7 nitrogen and oxygen atoms in total. The molecule has 3 aromatic carbocycles. The molecule has 2 amide bonds.